The van der Waals surface area contributed by atoms with Gasteiger partial charge in [0.25, 0.3) is 11.5 Å². The van der Waals surface area contributed by atoms with E-state index in [0.29, 0.717) is 5.02 Å². The first kappa shape index (κ1) is 12.1. The van der Waals surface area contributed by atoms with E-state index >= 15 is 0 Å². The van der Waals surface area contributed by atoms with Gasteiger partial charge >= 0.3 is 0 Å². The van der Waals surface area contributed by atoms with Gasteiger partial charge in [0.2, 0.25) is 0 Å². The third-order valence-electron chi connectivity index (χ3n) is 2.06. The van der Waals surface area contributed by atoms with Crippen LogP contribution in [0.1, 0.15) is 10.4 Å². The highest BCUT2D eigenvalue weighted by Crippen LogP contribution is 2.13. The summed E-state index contributed by atoms with van der Waals surface area (Å²) in [5.41, 5.74) is -0.544. The number of amides is 1. The second kappa shape index (κ2) is 4.89. The van der Waals surface area contributed by atoms with Gasteiger partial charge in [-0.2, -0.15) is 0 Å². The van der Waals surface area contributed by atoms with Crippen LogP contribution in [0.5, 0.6) is 5.88 Å². The molecule has 3 N–H and O–H groups in total. The van der Waals surface area contributed by atoms with Crippen molar-refractivity contribution < 1.29 is 9.90 Å². The van der Waals surface area contributed by atoms with Crippen LogP contribution in [0.2, 0.25) is 5.02 Å². The Morgan fingerprint density at radius 2 is 2.17 bits per heavy atom. The fourth-order valence-corrected chi connectivity index (χ4v) is 1.48. The van der Waals surface area contributed by atoms with Crippen molar-refractivity contribution in [1.82, 2.24) is 9.97 Å². The highest BCUT2D eigenvalue weighted by molar-refractivity contribution is 6.30. The largest absolute Gasteiger partial charge is 0.494 e. The number of aromatic hydroxyl groups is 1. The predicted octanol–water partition coefficient (Wildman–Crippen LogP) is 1.38. The molecule has 2 heterocycles. The number of anilines is 1. The smallest absolute Gasteiger partial charge is 0.257 e. The average molecular weight is 266 g/mol. The maximum atomic E-state index is 11.8. The summed E-state index contributed by atoms with van der Waals surface area (Å²) in [6.07, 6.45) is 1.44. The van der Waals surface area contributed by atoms with E-state index in [2.05, 4.69) is 15.3 Å². The number of carbonyl (C=O) groups excluding carboxylic acids is 1. The van der Waals surface area contributed by atoms with E-state index in [1.54, 1.807) is 6.07 Å². The summed E-state index contributed by atoms with van der Waals surface area (Å²) in [6.45, 7) is 0. The molecule has 0 aliphatic carbocycles. The second-order valence-corrected chi connectivity index (χ2v) is 3.87. The van der Waals surface area contributed by atoms with Crippen molar-refractivity contribution in [3.05, 3.63) is 51.4 Å². The summed E-state index contributed by atoms with van der Waals surface area (Å²) >= 11 is 5.74. The van der Waals surface area contributed by atoms with Gasteiger partial charge in [0.1, 0.15) is 5.82 Å². The first-order valence-corrected chi connectivity index (χ1v) is 5.28. The van der Waals surface area contributed by atoms with Gasteiger partial charge in [-0.1, -0.05) is 11.6 Å². The molecule has 0 saturated heterocycles. The molecule has 0 aliphatic rings. The molecule has 2 rings (SSSR count). The number of aromatic amines is 1. The highest BCUT2D eigenvalue weighted by atomic mass is 35.5. The molecule has 0 saturated carbocycles. The lowest BCUT2D eigenvalue weighted by Crippen LogP contribution is -2.16. The summed E-state index contributed by atoms with van der Waals surface area (Å²) in [7, 11) is 0. The summed E-state index contributed by atoms with van der Waals surface area (Å²) in [4.78, 5) is 28.9. The van der Waals surface area contributed by atoms with Gasteiger partial charge in [-0.25, -0.2) is 4.98 Å². The molecule has 92 valence electrons. The number of H-pyrrole nitrogens is 1. The van der Waals surface area contributed by atoms with Crippen molar-refractivity contribution in [2.24, 2.45) is 0 Å². The Balaban J connectivity index is 2.24. The average Bonchev–Trinajstić information content (AvgIpc) is 2.27. The Morgan fingerprint density at radius 1 is 1.39 bits per heavy atom. The van der Waals surface area contributed by atoms with Gasteiger partial charge < -0.3 is 10.4 Å². The molecule has 0 radical (unpaired) electrons. The van der Waals surface area contributed by atoms with Crippen LogP contribution in [0.25, 0.3) is 0 Å². The third kappa shape index (κ3) is 2.86. The quantitative estimate of drug-likeness (QED) is 0.764. The monoisotopic (exact) mass is 265 g/mol. The maximum absolute atomic E-state index is 11.8. The van der Waals surface area contributed by atoms with Crippen LogP contribution in [0, 0.1) is 0 Å². The van der Waals surface area contributed by atoms with Crippen molar-refractivity contribution in [2.45, 2.75) is 0 Å². The third-order valence-corrected chi connectivity index (χ3v) is 2.29. The Morgan fingerprint density at radius 3 is 2.83 bits per heavy atom. The number of carbonyl (C=O) groups is 1. The summed E-state index contributed by atoms with van der Waals surface area (Å²) < 4.78 is 0. The summed E-state index contributed by atoms with van der Waals surface area (Å²) in [5.74, 6) is -0.690. The number of nitrogens with zero attached hydrogens (tertiary/aromatic N) is 1. The second-order valence-electron chi connectivity index (χ2n) is 3.43. The Hall–Kier alpha value is -2.34. The number of hydrogen-bond donors (Lipinski definition) is 3. The van der Waals surface area contributed by atoms with E-state index in [0.717, 1.165) is 12.1 Å². The van der Waals surface area contributed by atoms with Crippen LogP contribution >= 0.6 is 11.6 Å². The zero-order valence-electron chi connectivity index (χ0n) is 8.98. The minimum Gasteiger partial charge on any atom is -0.494 e. The highest BCUT2D eigenvalue weighted by Gasteiger charge is 2.09. The van der Waals surface area contributed by atoms with Crippen molar-refractivity contribution in [1.29, 1.82) is 0 Å². The van der Waals surface area contributed by atoms with E-state index in [1.165, 1.54) is 12.3 Å². The lowest BCUT2D eigenvalue weighted by atomic mass is 10.2. The summed E-state index contributed by atoms with van der Waals surface area (Å²) in [5, 5.41) is 12.1. The molecule has 0 aliphatic heterocycles. The minimum atomic E-state index is -0.570. The Bertz CT molecular complexity index is 654. The topological polar surface area (TPSA) is 95.1 Å². The molecule has 18 heavy (non-hydrogen) atoms. The van der Waals surface area contributed by atoms with E-state index in [4.69, 9.17) is 11.6 Å². The molecule has 0 bridgehead atoms. The molecule has 7 heteroatoms. The number of aromatic nitrogens is 2. The van der Waals surface area contributed by atoms with Gasteiger partial charge in [-0.15, -0.1) is 0 Å². The van der Waals surface area contributed by atoms with Crippen LogP contribution in [0.15, 0.2) is 35.3 Å². The first-order chi connectivity index (χ1) is 8.54. The van der Waals surface area contributed by atoms with Gasteiger partial charge in [0.15, 0.2) is 5.88 Å². The molecule has 0 spiro atoms. The van der Waals surface area contributed by atoms with Crippen molar-refractivity contribution in [3.8, 4) is 5.88 Å². The molecule has 2 aromatic heterocycles. The van der Waals surface area contributed by atoms with Gasteiger partial charge in [-0.05, 0) is 12.1 Å². The van der Waals surface area contributed by atoms with E-state index < -0.39 is 11.5 Å². The van der Waals surface area contributed by atoms with Gasteiger partial charge in [-0.3, -0.25) is 14.6 Å². The SMILES string of the molecule is O=C(Nc1cc(Cl)ccn1)c1cc(O)[nH]c(=O)c1. The van der Waals surface area contributed by atoms with Crippen molar-refractivity contribution in [2.75, 3.05) is 5.32 Å². The fraction of sp³-hybridized carbons (Fsp3) is 0. The fourth-order valence-electron chi connectivity index (χ4n) is 1.32. The Labute approximate surface area is 106 Å². The molecule has 0 atom stereocenters. The predicted molar refractivity (Wildman–Crippen MR) is 65.9 cm³/mol. The van der Waals surface area contributed by atoms with Crippen LogP contribution in [0.4, 0.5) is 5.82 Å². The van der Waals surface area contributed by atoms with Crippen LogP contribution in [-0.4, -0.2) is 21.0 Å². The zero-order valence-corrected chi connectivity index (χ0v) is 9.73. The molecule has 0 aromatic carbocycles. The van der Waals surface area contributed by atoms with Gasteiger partial charge in [0.05, 0.1) is 5.56 Å². The Kier molecular flexibility index (Phi) is 3.29. The van der Waals surface area contributed by atoms with E-state index in [-0.39, 0.29) is 17.3 Å². The van der Waals surface area contributed by atoms with Gasteiger partial charge in [0, 0.05) is 23.4 Å². The van der Waals surface area contributed by atoms with Crippen molar-refractivity contribution >= 4 is 23.3 Å². The molecule has 0 unspecified atom stereocenters. The van der Waals surface area contributed by atoms with Crippen LogP contribution in [-0.2, 0) is 0 Å². The first-order valence-electron chi connectivity index (χ1n) is 4.91. The summed E-state index contributed by atoms with van der Waals surface area (Å²) in [6, 6.07) is 5.24. The number of rotatable bonds is 2. The van der Waals surface area contributed by atoms with Crippen LogP contribution < -0.4 is 10.9 Å². The molecular formula is C11H8ClN3O3. The normalized spacial score (nSPS) is 10.1. The van der Waals surface area contributed by atoms with E-state index in [1.807, 2.05) is 0 Å². The number of halogens is 1. The molecule has 6 nitrogen and oxygen atoms in total. The number of pyridine rings is 2. The molecule has 1 amide bonds. The lowest BCUT2D eigenvalue weighted by molar-refractivity contribution is 0.102. The van der Waals surface area contributed by atoms with Crippen molar-refractivity contribution in [3.63, 3.8) is 0 Å². The lowest BCUT2D eigenvalue weighted by Gasteiger charge is -2.04. The standard InChI is InChI=1S/C11H8ClN3O3/c12-7-1-2-13-8(5-7)14-11(18)6-3-9(16)15-10(17)4-6/h1-5H,(H,13,14,18)(H2,15,16,17). The molecule has 2 aromatic rings. The van der Waals surface area contributed by atoms with E-state index in [9.17, 15) is 14.7 Å². The molecule has 0 fully saturated rings. The minimum absolute atomic E-state index is 0.0259. The molecular weight excluding hydrogens is 258 g/mol. The number of hydrogen-bond acceptors (Lipinski definition) is 4. The van der Waals surface area contributed by atoms with Crippen LogP contribution in [0.3, 0.4) is 0 Å². The zero-order chi connectivity index (χ0) is 13.1. The number of nitrogens with one attached hydrogen (secondary N) is 2. The maximum Gasteiger partial charge on any atom is 0.257 e.